The summed E-state index contributed by atoms with van der Waals surface area (Å²) in [6.45, 7) is 3.35. The monoisotopic (exact) mass is 621 g/mol. The molecule has 0 N–H and O–H groups in total. The first-order valence-corrected chi connectivity index (χ1v) is 12.0. The van der Waals surface area contributed by atoms with Crippen LogP contribution in [0.1, 0.15) is 25.0 Å². The molecule has 1 aromatic heterocycles. The molecule has 7 nitrogen and oxygen atoms in total. The predicted molar refractivity (Wildman–Crippen MR) is 141 cm³/mol. The van der Waals surface area contributed by atoms with E-state index in [-0.39, 0.29) is 22.5 Å². The summed E-state index contributed by atoms with van der Waals surface area (Å²) in [7, 11) is 0. The second-order valence-electron chi connectivity index (χ2n) is 7.75. The number of fused-ring (bicyclic) bond motifs is 1. The molecule has 0 saturated heterocycles. The molecule has 190 valence electrons. The van der Waals surface area contributed by atoms with Crippen molar-refractivity contribution in [3.63, 3.8) is 0 Å². The third kappa shape index (κ3) is 5.82. The highest BCUT2D eigenvalue weighted by Crippen LogP contribution is 2.34. The van der Waals surface area contributed by atoms with Gasteiger partial charge in [0.05, 0.1) is 32.9 Å². The molecule has 0 amide bonds. The Hall–Kier alpha value is -3.74. The Kier molecular flexibility index (Phi) is 7.62. The van der Waals surface area contributed by atoms with Gasteiger partial charge in [-0.3, -0.25) is 9.59 Å². The number of ether oxygens (including phenoxy) is 2. The van der Waals surface area contributed by atoms with Crippen LogP contribution in [0.3, 0.4) is 0 Å². The molecule has 37 heavy (non-hydrogen) atoms. The minimum Gasteiger partial charge on any atom is -0.490 e. The highest BCUT2D eigenvalue weighted by Gasteiger charge is 2.31. The van der Waals surface area contributed by atoms with Gasteiger partial charge in [0.25, 0.3) is 5.56 Å². The van der Waals surface area contributed by atoms with Crippen LogP contribution >= 0.6 is 22.6 Å². The van der Waals surface area contributed by atoms with E-state index in [4.69, 9.17) is 9.47 Å². The summed E-state index contributed by atoms with van der Waals surface area (Å²) in [5.41, 5.74) is -0.529. The van der Waals surface area contributed by atoms with Crippen LogP contribution in [-0.4, -0.2) is 28.5 Å². The summed E-state index contributed by atoms with van der Waals surface area (Å²) < 4.78 is 52.5. The van der Waals surface area contributed by atoms with Gasteiger partial charge in [0, 0.05) is 12.5 Å². The largest absolute Gasteiger partial charge is 0.490 e. The Morgan fingerprint density at radius 1 is 1.14 bits per heavy atom. The molecule has 0 aliphatic rings. The van der Waals surface area contributed by atoms with Gasteiger partial charge in [-0.05, 0) is 71.5 Å². The van der Waals surface area contributed by atoms with Gasteiger partial charge in [0.1, 0.15) is 0 Å². The minimum absolute atomic E-state index is 0.0534. The Morgan fingerprint density at radius 2 is 1.89 bits per heavy atom. The summed E-state index contributed by atoms with van der Waals surface area (Å²) in [6.07, 6.45) is -3.21. The average molecular weight is 621 g/mol. The fraction of sp³-hybridized carbons (Fsp3) is 0.154. The number of hydrogen-bond donors (Lipinski definition) is 0. The zero-order valence-corrected chi connectivity index (χ0v) is 21.7. The molecule has 0 aliphatic carbocycles. The van der Waals surface area contributed by atoms with Gasteiger partial charge in [-0.2, -0.15) is 22.9 Å². The molecule has 1 heterocycles. The maximum Gasteiger partial charge on any atom is 0.416 e. The topological polar surface area (TPSA) is 82.8 Å². The maximum atomic E-state index is 13.4. The quantitative estimate of drug-likeness (QED) is 0.116. The van der Waals surface area contributed by atoms with E-state index in [1.165, 1.54) is 25.3 Å². The normalized spacial score (nSPS) is 11.7. The van der Waals surface area contributed by atoms with Crippen LogP contribution in [0.4, 0.5) is 13.2 Å². The lowest BCUT2D eigenvalue weighted by Gasteiger charge is -2.13. The fourth-order valence-electron chi connectivity index (χ4n) is 3.54. The number of aromatic nitrogens is 2. The molecular formula is C26H19F3IN3O4. The van der Waals surface area contributed by atoms with Crippen molar-refractivity contribution in [2.45, 2.75) is 20.0 Å². The number of carbonyl (C=O) groups is 1. The van der Waals surface area contributed by atoms with Crippen LogP contribution in [0.25, 0.3) is 22.3 Å². The third-order valence-electron chi connectivity index (χ3n) is 5.10. The minimum atomic E-state index is -4.57. The SMILES string of the molecule is CCOc1cc(C=Nn2c(-c3cccc(C(F)(F)F)c3)nc3ccccc3c2=O)cc(I)c1OC(C)=O. The lowest BCUT2D eigenvalue weighted by molar-refractivity contribution is -0.137. The molecule has 11 heteroatoms. The fourth-order valence-corrected chi connectivity index (χ4v) is 4.28. The summed E-state index contributed by atoms with van der Waals surface area (Å²) in [5, 5.41) is 4.55. The highest BCUT2D eigenvalue weighted by molar-refractivity contribution is 14.1. The molecule has 0 bridgehead atoms. The van der Waals surface area contributed by atoms with Crippen molar-refractivity contribution in [1.29, 1.82) is 0 Å². The zero-order chi connectivity index (χ0) is 26.7. The van der Waals surface area contributed by atoms with Crippen LogP contribution in [0, 0.1) is 3.57 Å². The van der Waals surface area contributed by atoms with Crippen molar-refractivity contribution in [1.82, 2.24) is 9.66 Å². The summed E-state index contributed by atoms with van der Waals surface area (Å²) >= 11 is 1.98. The molecular weight excluding hydrogens is 602 g/mol. The number of hydrogen-bond acceptors (Lipinski definition) is 6. The highest BCUT2D eigenvalue weighted by atomic mass is 127. The van der Waals surface area contributed by atoms with Crippen molar-refractivity contribution in [3.05, 3.63) is 85.7 Å². The Bertz CT molecular complexity index is 1580. The second-order valence-corrected chi connectivity index (χ2v) is 8.91. The van der Waals surface area contributed by atoms with Gasteiger partial charge in [-0.1, -0.05) is 24.3 Å². The maximum absolute atomic E-state index is 13.4. The van der Waals surface area contributed by atoms with Crippen molar-refractivity contribution in [3.8, 4) is 22.9 Å². The van der Waals surface area contributed by atoms with E-state index < -0.39 is 23.3 Å². The number of esters is 1. The molecule has 0 saturated carbocycles. The molecule has 0 fully saturated rings. The first kappa shape index (κ1) is 26.3. The third-order valence-corrected chi connectivity index (χ3v) is 5.90. The molecule has 0 radical (unpaired) electrons. The Balaban J connectivity index is 1.89. The molecule has 0 atom stereocenters. The summed E-state index contributed by atoms with van der Waals surface area (Å²) in [4.78, 5) is 29.3. The Labute approximate surface area is 222 Å². The van der Waals surface area contributed by atoms with Crippen LogP contribution < -0.4 is 15.0 Å². The number of carbonyl (C=O) groups excluding carboxylic acids is 1. The van der Waals surface area contributed by atoms with Crippen LogP contribution in [-0.2, 0) is 11.0 Å². The average Bonchev–Trinajstić information content (AvgIpc) is 2.85. The van der Waals surface area contributed by atoms with Gasteiger partial charge >= 0.3 is 12.1 Å². The van der Waals surface area contributed by atoms with Gasteiger partial charge in [0.2, 0.25) is 0 Å². The number of nitrogens with zero attached hydrogens (tertiary/aromatic N) is 3. The van der Waals surface area contributed by atoms with E-state index in [1.54, 1.807) is 43.3 Å². The first-order chi connectivity index (χ1) is 17.6. The van der Waals surface area contributed by atoms with Crippen molar-refractivity contribution in [2.75, 3.05) is 6.61 Å². The van der Waals surface area contributed by atoms with E-state index in [0.29, 0.717) is 27.0 Å². The predicted octanol–water partition coefficient (Wildman–Crippen LogP) is 5.89. The van der Waals surface area contributed by atoms with Gasteiger partial charge in [-0.15, -0.1) is 0 Å². The molecule has 4 aromatic rings. The van der Waals surface area contributed by atoms with E-state index in [0.717, 1.165) is 16.8 Å². The lowest BCUT2D eigenvalue weighted by Crippen LogP contribution is -2.20. The lowest BCUT2D eigenvalue weighted by atomic mass is 10.1. The number of para-hydroxylation sites is 1. The van der Waals surface area contributed by atoms with Crippen LogP contribution in [0.15, 0.2) is 70.6 Å². The zero-order valence-electron chi connectivity index (χ0n) is 19.5. The molecule has 0 aliphatic heterocycles. The molecule has 4 rings (SSSR count). The Morgan fingerprint density at radius 3 is 2.59 bits per heavy atom. The van der Waals surface area contributed by atoms with Gasteiger partial charge in [0.15, 0.2) is 17.3 Å². The van der Waals surface area contributed by atoms with Crippen molar-refractivity contribution < 1.29 is 27.4 Å². The smallest absolute Gasteiger partial charge is 0.416 e. The number of rotatable bonds is 6. The first-order valence-electron chi connectivity index (χ1n) is 11.0. The summed E-state index contributed by atoms with van der Waals surface area (Å²) in [6, 6.07) is 14.3. The molecule has 3 aromatic carbocycles. The standard InChI is InChI=1S/C26H19F3IN3O4/c1-3-36-22-12-16(11-20(30)23(22)37-15(2)34)14-31-33-24(17-7-6-8-18(13-17)26(27,28)29)32-21-10-5-4-9-19(21)25(33)35/h4-14H,3H2,1-2H3. The number of halogens is 4. The van der Waals surface area contributed by atoms with Crippen LogP contribution in [0.5, 0.6) is 11.5 Å². The molecule has 0 unspecified atom stereocenters. The summed E-state index contributed by atoms with van der Waals surface area (Å²) in [5.74, 6) is -0.0171. The number of alkyl halides is 3. The number of benzene rings is 3. The van der Waals surface area contributed by atoms with E-state index in [1.807, 2.05) is 22.6 Å². The van der Waals surface area contributed by atoms with Gasteiger partial charge < -0.3 is 9.47 Å². The van der Waals surface area contributed by atoms with Gasteiger partial charge in [-0.25, -0.2) is 4.98 Å². The van der Waals surface area contributed by atoms with E-state index in [9.17, 15) is 22.8 Å². The second kappa shape index (κ2) is 10.7. The van der Waals surface area contributed by atoms with E-state index in [2.05, 4.69) is 10.1 Å². The van der Waals surface area contributed by atoms with Crippen molar-refractivity contribution in [2.24, 2.45) is 5.10 Å². The van der Waals surface area contributed by atoms with Crippen LogP contribution in [0.2, 0.25) is 0 Å². The molecule has 0 spiro atoms. The van der Waals surface area contributed by atoms with Crippen molar-refractivity contribution >= 4 is 45.7 Å². The van der Waals surface area contributed by atoms with E-state index >= 15 is 0 Å².